The standard InChI is InChI=1S/C15H21ClN2O/c1-15(2,3)18-8-6-17(7-9-18)14-5-4-12(11-19)10-13(14)16/h4-5,10-11H,6-9H2,1-3H3. The van der Waals surface area contributed by atoms with Gasteiger partial charge in [0.2, 0.25) is 0 Å². The van der Waals surface area contributed by atoms with Crippen LogP contribution >= 0.6 is 11.6 Å². The minimum atomic E-state index is 0.220. The lowest BCUT2D eigenvalue weighted by molar-refractivity contribution is 0.112. The van der Waals surface area contributed by atoms with Crippen LogP contribution < -0.4 is 4.90 Å². The van der Waals surface area contributed by atoms with Crippen LogP contribution in [0.25, 0.3) is 0 Å². The molecule has 1 aliphatic heterocycles. The van der Waals surface area contributed by atoms with E-state index < -0.39 is 0 Å². The van der Waals surface area contributed by atoms with Crippen LogP contribution in [0.2, 0.25) is 5.02 Å². The zero-order valence-electron chi connectivity index (χ0n) is 11.8. The molecule has 1 aromatic rings. The predicted octanol–water partition coefficient (Wildman–Crippen LogP) is 3.07. The Kier molecular flexibility index (Phi) is 4.16. The number of benzene rings is 1. The van der Waals surface area contributed by atoms with Crippen molar-refractivity contribution in [3.05, 3.63) is 28.8 Å². The van der Waals surface area contributed by atoms with Crippen LogP contribution in [0.4, 0.5) is 5.69 Å². The first-order valence-corrected chi connectivity index (χ1v) is 7.04. The summed E-state index contributed by atoms with van der Waals surface area (Å²) >= 11 is 6.25. The third-order valence-corrected chi connectivity index (χ3v) is 3.98. The molecule has 0 amide bonds. The van der Waals surface area contributed by atoms with Crippen molar-refractivity contribution in [2.24, 2.45) is 0 Å². The SMILES string of the molecule is CC(C)(C)N1CCN(c2ccc(C=O)cc2Cl)CC1. The zero-order chi connectivity index (χ0) is 14.0. The minimum absolute atomic E-state index is 0.220. The number of carbonyl (C=O) groups excluding carboxylic acids is 1. The summed E-state index contributed by atoms with van der Waals surface area (Å²) in [6, 6.07) is 5.50. The lowest BCUT2D eigenvalue weighted by Crippen LogP contribution is -2.53. The van der Waals surface area contributed by atoms with Gasteiger partial charge in [-0.05, 0) is 39.0 Å². The molecule has 0 spiro atoms. The molecule has 1 heterocycles. The molecule has 1 fully saturated rings. The Morgan fingerprint density at radius 3 is 2.26 bits per heavy atom. The smallest absolute Gasteiger partial charge is 0.150 e. The van der Waals surface area contributed by atoms with Crippen LogP contribution in [-0.4, -0.2) is 42.9 Å². The lowest BCUT2D eigenvalue weighted by Gasteiger charge is -2.43. The van der Waals surface area contributed by atoms with E-state index >= 15 is 0 Å². The number of halogens is 1. The van der Waals surface area contributed by atoms with Gasteiger partial charge < -0.3 is 4.90 Å². The fourth-order valence-electron chi connectivity index (χ4n) is 2.47. The van der Waals surface area contributed by atoms with E-state index in [0.29, 0.717) is 10.6 Å². The molecule has 3 nitrogen and oxygen atoms in total. The van der Waals surface area contributed by atoms with Gasteiger partial charge in [0.1, 0.15) is 6.29 Å². The van der Waals surface area contributed by atoms with E-state index in [1.807, 2.05) is 12.1 Å². The molecule has 4 heteroatoms. The van der Waals surface area contributed by atoms with Gasteiger partial charge in [-0.3, -0.25) is 9.69 Å². The molecule has 0 N–H and O–H groups in total. The molecule has 0 saturated carbocycles. The Labute approximate surface area is 120 Å². The Morgan fingerprint density at radius 1 is 1.16 bits per heavy atom. The quantitative estimate of drug-likeness (QED) is 0.778. The summed E-state index contributed by atoms with van der Waals surface area (Å²) in [5.41, 5.74) is 1.87. The Balaban J connectivity index is 2.08. The maximum absolute atomic E-state index is 10.7. The number of anilines is 1. The molecular weight excluding hydrogens is 260 g/mol. The second-order valence-electron chi connectivity index (χ2n) is 5.97. The lowest BCUT2D eigenvalue weighted by atomic mass is 10.0. The van der Waals surface area contributed by atoms with E-state index in [-0.39, 0.29) is 5.54 Å². The van der Waals surface area contributed by atoms with Gasteiger partial charge in [-0.2, -0.15) is 0 Å². The van der Waals surface area contributed by atoms with Gasteiger partial charge in [0, 0.05) is 37.3 Å². The molecule has 1 aliphatic rings. The molecule has 0 atom stereocenters. The summed E-state index contributed by atoms with van der Waals surface area (Å²) in [7, 11) is 0. The zero-order valence-corrected chi connectivity index (χ0v) is 12.6. The summed E-state index contributed by atoms with van der Waals surface area (Å²) in [4.78, 5) is 15.5. The maximum atomic E-state index is 10.7. The summed E-state index contributed by atoms with van der Waals surface area (Å²) in [6.45, 7) is 10.7. The summed E-state index contributed by atoms with van der Waals surface area (Å²) < 4.78 is 0. The van der Waals surface area contributed by atoms with Gasteiger partial charge in [-0.1, -0.05) is 11.6 Å². The number of aldehydes is 1. The van der Waals surface area contributed by atoms with E-state index in [2.05, 4.69) is 30.6 Å². The molecule has 2 rings (SSSR count). The van der Waals surface area contributed by atoms with Gasteiger partial charge >= 0.3 is 0 Å². The van der Waals surface area contributed by atoms with Crippen LogP contribution in [0.1, 0.15) is 31.1 Å². The molecule has 19 heavy (non-hydrogen) atoms. The van der Waals surface area contributed by atoms with Gasteiger partial charge in [0.05, 0.1) is 10.7 Å². The summed E-state index contributed by atoms with van der Waals surface area (Å²) in [5.74, 6) is 0. The van der Waals surface area contributed by atoms with Crippen LogP contribution in [0.5, 0.6) is 0 Å². The van der Waals surface area contributed by atoms with E-state index in [1.54, 1.807) is 6.07 Å². The Bertz CT molecular complexity index is 460. The van der Waals surface area contributed by atoms with Crippen LogP contribution in [-0.2, 0) is 0 Å². The summed E-state index contributed by atoms with van der Waals surface area (Å²) in [5, 5.41) is 0.661. The normalized spacial score (nSPS) is 17.6. The van der Waals surface area contributed by atoms with Crippen molar-refractivity contribution in [3.63, 3.8) is 0 Å². The molecule has 0 unspecified atom stereocenters. The highest BCUT2D eigenvalue weighted by Gasteiger charge is 2.26. The topological polar surface area (TPSA) is 23.6 Å². The Morgan fingerprint density at radius 2 is 1.79 bits per heavy atom. The first kappa shape index (κ1) is 14.4. The molecule has 0 radical (unpaired) electrons. The average molecular weight is 281 g/mol. The second-order valence-corrected chi connectivity index (χ2v) is 6.38. The first-order valence-electron chi connectivity index (χ1n) is 6.66. The van der Waals surface area contributed by atoms with Gasteiger partial charge in [0.25, 0.3) is 0 Å². The van der Waals surface area contributed by atoms with Crippen LogP contribution in [0, 0.1) is 0 Å². The fraction of sp³-hybridized carbons (Fsp3) is 0.533. The van der Waals surface area contributed by atoms with E-state index in [0.717, 1.165) is 38.2 Å². The van der Waals surface area contributed by atoms with Crippen molar-refractivity contribution in [2.45, 2.75) is 26.3 Å². The van der Waals surface area contributed by atoms with Crippen LogP contribution in [0.15, 0.2) is 18.2 Å². The number of rotatable bonds is 2. The van der Waals surface area contributed by atoms with E-state index in [1.165, 1.54) is 0 Å². The number of carbonyl (C=O) groups is 1. The maximum Gasteiger partial charge on any atom is 0.150 e. The average Bonchev–Trinajstić information content (AvgIpc) is 2.37. The molecular formula is C15H21ClN2O. The van der Waals surface area contributed by atoms with Crippen molar-refractivity contribution in [3.8, 4) is 0 Å². The van der Waals surface area contributed by atoms with Gasteiger partial charge in [-0.25, -0.2) is 0 Å². The first-order chi connectivity index (χ1) is 8.91. The van der Waals surface area contributed by atoms with Gasteiger partial charge in [0.15, 0.2) is 0 Å². The molecule has 0 aliphatic carbocycles. The van der Waals surface area contributed by atoms with Crippen molar-refractivity contribution in [2.75, 3.05) is 31.1 Å². The molecule has 104 valence electrons. The predicted molar refractivity (Wildman–Crippen MR) is 80.4 cm³/mol. The molecule has 1 saturated heterocycles. The van der Waals surface area contributed by atoms with Crippen molar-refractivity contribution in [1.29, 1.82) is 0 Å². The van der Waals surface area contributed by atoms with E-state index in [9.17, 15) is 4.79 Å². The number of hydrogen-bond donors (Lipinski definition) is 0. The molecule has 1 aromatic carbocycles. The largest absolute Gasteiger partial charge is 0.368 e. The highest BCUT2D eigenvalue weighted by atomic mass is 35.5. The van der Waals surface area contributed by atoms with Crippen molar-refractivity contribution in [1.82, 2.24) is 4.90 Å². The number of nitrogens with zero attached hydrogens (tertiary/aromatic N) is 2. The third-order valence-electron chi connectivity index (χ3n) is 3.68. The molecule has 0 aromatic heterocycles. The second kappa shape index (κ2) is 5.51. The third kappa shape index (κ3) is 3.28. The van der Waals surface area contributed by atoms with E-state index in [4.69, 9.17) is 11.6 Å². The fourth-order valence-corrected chi connectivity index (χ4v) is 2.78. The number of hydrogen-bond acceptors (Lipinski definition) is 3. The van der Waals surface area contributed by atoms with Crippen LogP contribution in [0.3, 0.4) is 0 Å². The molecule has 0 bridgehead atoms. The van der Waals surface area contributed by atoms with Gasteiger partial charge in [-0.15, -0.1) is 0 Å². The van der Waals surface area contributed by atoms with Crippen molar-refractivity contribution >= 4 is 23.6 Å². The highest BCUT2D eigenvalue weighted by Crippen LogP contribution is 2.28. The number of piperazine rings is 1. The highest BCUT2D eigenvalue weighted by molar-refractivity contribution is 6.33. The minimum Gasteiger partial charge on any atom is -0.368 e. The summed E-state index contributed by atoms with van der Waals surface area (Å²) in [6.07, 6.45) is 0.827. The Hall–Kier alpha value is -1.06. The monoisotopic (exact) mass is 280 g/mol. The van der Waals surface area contributed by atoms with Crippen molar-refractivity contribution < 1.29 is 4.79 Å².